The van der Waals surface area contributed by atoms with Crippen molar-refractivity contribution in [3.63, 3.8) is 0 Å². The van der Waals surface area contributed by atoms with E-state index in [0.717, 1.165) is 11.3 Å². The molecule has 0 unspecified atom stereocenters. The van der Waals surface area contributed by atoms with Gasteiger partial charge in [-0.15, -0.1) is 10.2 Å². The third-order valence-corrected chi connectivity index (χ3v) is 3.18. The highest BCUT2D eigenvalue weighted by atomic mass is 35.5. The fourth-order valence-electron chi connectivity index (χ4n) is 1.74. The van der Waals surface area contributed by atoms with Gasteiger partial charge in [-0.25, -0.2) is 0 Å². The molecule has 21 heavy (non-hydrogen) atoms. The largest absolute Gasteiger partial charge is 0.491 e. The molecule has 2 rings (SSSR count). The second kappa shape index (κ2) is 7.04. The number of aryl methyl sites for hydroxylation is 1. The number of para-hydroxylation sites is 1. The molecule has 0 saturated heterocycles. The van der Waals surface area contributed by atoms with Gasteiger partial charge in [0.15, 0.2) is 10.8 Å². The summed E-state index contributed by atoms with van der Waals surface area (Å²) in [5.41, 5.74) is 1.33. The van der Waals surface area contributed by atoms with E-state index in [2.05, 4.69) is 10.2 Å². The van der Waals surface area contributed by atoms with Crippen molar-refractivity contribution in [3.05, 3.63) is 52.8 Å². The van der Waals surface area contributed by atoms with Crippen LogP contribution in [0.1, 0.15) is 16.1 Å². The third kappa shape index (κ3) is 4.16. The van der Waals surface area contributed by atoms with Crippen molar-refractivity contribution < 1.29 is 9.53 Å². The topological polar surface area (TPSA) is 55.3 Å². The molecule has 1 amide bonds. The summed E-state index contributed by atoms with van der Waals surface area (Å²) in [4.78, 5) is 13.6. The highest BCUT2D eigenvalue weighted by Gasteiger charge is 2.13. The molecule has 0 spiro atoms. The predicted octanol–water partition coefficient (Wildman–Crippen LogP) is 2.59. The first-order valence-corrected chi connectivity index (χ1v) is 6.89. The van der Waals surface area contributed by atoms with E-state index in [0.29, 0.717) is 13.2 Å². The Hall–Kier alpha value is -2.14. The number of carbonyl (C=O) groups excluding carboxylic acids is 1. The highest BCUT2D eigenvalue weighted by molar-refractivity contribution is 6.29. The standard InChI is InChI=1S/C15H16ClN3O2/c1-11-5-3-4-6-13(11)21-10-9-19(2)15(20)12-7-8-14(16)18-17-12/h3-8H,9-10H2,1-2H3. The van der Waals surface area contributed by atoms with Crippen LogP contribution < -0.4 is 4.74 Å². The van der Waals surface area contributed by atoms with E-state index < -0.39 is 0 Å². The Kier molecular flexibility index (Phi) is 5.11. The molecule has 1 aromatic heterocycles. The molecule has 0 bridgehead atoms. The van der Waals surface area contributed by atoms with E-state index in [9.17, 15) is 4.79 Å². The van der Waals surface area contributed by atoms with Crippen LogP contribution in [-0.4, -0.2) is 41.2 Å². The summed E-state index contributed by atoms with van der Waals surface area (Å²) in [7, 11) is 1.69. The first-order chi connectivity index (χ1) is 10.1. The predicted molar refractivity (Wildman–Crippen MR) is 80.7 cm³/mol. The third-order valence-electron chi connectivity index (χ3n) is 2.98. The van der Waals surface area contributed by atoms with Crippen LogP contribution in [0.25, 0.3) is 0 Å². The average Bonchev–Trinajstić information content (AvgIpc) is 2.49. The van der Waals surface area contributed by atoms with Gasteiger partial charge in [-0.3, -0.25) is 4.79 Å². The zero-order chi connectivity index (χ0) is 15.2. The molecule has 0 saturated carbocycles. The van der Waals surface area contributed by atoms with E-state index in [1.807, 2.05) is 31.2 Å². The van der Waals surface area contributed by atoms with E-state index >= 15 is 0 Å². The summed E-state index contributed by atoms with van der Waals surface area (Å²) < 4.78 is 5.66. The summed E-state index contributed by atoms with van der Waals surface area (Å²) in [5, 5.41) is 7.69. The molecule has 0 aliphatic carbocycles. The monoisotopic (exact) mass is 305 g/mol. The number of amides is 1. The maximum atomic E-state index is 12.1. The summed E-state index contributed by atoms with van der Waals surface area (Å²) in [6, 6.07) is 10.8. The number of hydrogen-bond donors (Lipinski definition) is 0. The molecule has 0 radical (unpaired) electrons. The van der Waals surface area contributed by atoms with Gasteiger partial charge < -0.3 is 9.64 Å². The van der Waals surface area contributed by atoms with Gasteiger partial charge >= 0.3 is 0 Å². The van der Waals surface area contributed by atoms with Crippen LogP contribution in [-0.2, 0) is 0 Å². The minimum atomic E-state index is -0.215. The van der Waals surface area contributed by atoms with Gasteiger partial charge in [-0.05, 0) is 30.7 Å². The van der Waals surface area contributed by atoms with Crippen molar-refractivity contribution in [2.24, 2.45) is 0 Å². The van der Waals surface area contributed by atoms with Crippen molar-refractivity contribution in [1.82, 2.24) is 15.1 Å². The molecular formula is C15H16ClN3O2. The van der Waals surface area contributed by atoms with Crippen molar-refractivity contribution in [2.75, 3.05) is 20.2 Å². The smallest absolute Gasteiger partial charge is 0.274 e. The van der Waals surface area contributed by atoms with Crippen LogP contribution in [0.5, 0.6) is 5.75 Å². The molecule has 1 heterocycles. The summed E-state index contributed by atoms with van der Waals surface area (Å²) in [6.07, 6.45) is 0. The van der Waals surface area contributed by atoms with Gasteiger partial charge in [0.2, 0.25) is 0 Å². The number of aromatic nitrogens is 2. The molecule has 5 nitrogen and oxygen atoms in total. The van der Waals surface area contributed by atoms with Crippen LogP contribution in [0.3, 0.4) is 0 Å². The number of rotatable bonds is 5. The first kappa shape index (κ1) is 15.3. The van der Waals surface area contributed by atoms with Gasteiger partial charge in [-0.2, -0.15) is 0 Å². The summed E-state index contributed by atoms with van der Waals surface area (Å²) >= 11 is 5.64. The van der Waals surface area contributed by atoms with Crippen LogP contribution in [0.2, 0.25) is 5.15 Å². The molecule has 0 fully saturated rings. The van der Waals surface area contributed by atoms with Gasteiger partial charge in [0.05, 0.1) is 6.54 Å². The Balaban J connectivity index is 1.87. The molecule has 6 heteroatoms. The zero-order valence-corrected chi connectivity index (χ0v) is 12.7. The van der Waals surface area contributed by atoms with Gasteiger partial charge in [0.25, 0.3) is 5.91 Å². The fourth-order valence-corrected chi connectivity index (χ4v) is 1.84. The van der Waals surface area contributed by atoms with Gasteiger partial charge in [-0.1, -0.05) is 29.8 Å². The minimum Gasteiger partial charge on any atom is -0.491 e. The Labute approximate surface area is 128 Å². The Morgan fingerprint density at radius 1 is 1.24 bits per heavy atom. The lowest BCUT2D eigenvalue weighted by Crippen LogP contribution is -2.31. The van der Waals surface area contributed by atoms with E-state index in [-0.39, 0.29) is 16.8 Å². The lowest BCUT2D eigenvalue weighted by molar-refractivity contribution is 0.0766. The Morgan fingerprint density at radius 2 is 2.00 bits per heavy atom. The number of carbonyl (C=O) groups is 1. The fraction of sp³-hybridized carbons (Fsp3) is 0.267. The molecule has 0 atom stereocenters. The molecule has 0 aliphatic heterocycles. The van der Waals surface area contributed by atoms with Crippen molar-refractivity contribution in [3.8, 4) is 5.75 Å². The van der Waals surface area contributed by atoms with E-state index in [4.69, 9.17) is 16.3 Å². The SMILES string of the molecule is Cc1ccccc1OCCN(C)C(=O)c1ccc(Cl)nn1. The Morgan fingerprint density at radius 3 is 2.67 bits per heavy atom. The van der Waals surface area contributed by atoms with Crippen molar-refractivity contribution >= 4 is 17.5 Å². The summed E-state index contributed by atoms with van der Waals surface area (Å²) in [6.45, 7) is 2.85. The van der Waals surface area contributed by atoms with Crippen LogP contribution >= 0.6 is 11.6 Å². The van der Waals surface area contributed by atoms with Gasteiger partial charge in [0.1, 0.15) is 12.4 Å². The van der Waals surface area contributed by atoms with Crippen molar-refractivity contribution in [1.29, 1.82) is 0 Å². The average molecular weight is 306 g/mol. The van der Waals surface area contributed by atoms with E-state index in [1.54, 1.807) is 19.2 Å². The Bertz CT molecular complexity index is 617. The number of benzene rings is 1. The quantitative estimate of drug-likeness (QED) is 0.852. The molecule has 0 aliphatic rings. The number of likely N-dealkylation sites (N-methyl/N-ethyl adjacent to an activating group) is 1. The minimum absolute atomic E-state index is 0.215. The molecular weight excluding hydrogens is 290 g/mol. The van der Waals surface area contributed by atoms with Crippen LogP contribution in [0.15, 0.2) is 36.4 Å². The first-order valence-electron chi connectivity index (χ1n) is 6.51. The second-order valence-corrected chi connectivity index (χ2v) is 4.97. The lowest BCUT2D eigenvalue weighted by Gasteiger charge is -2.17. The molecule has 110 valence electrons. The number of hydrogen-bond acceptors (Lipinski definition) is 4. The van der Waals surface area contributed by atoms with Crippen molar-refractivity contribution in [2.45, 2.75) is 6.92 Å². The maximum absolute atomic E-state index is 12.1. The highest BCUT2D eigenvalue weighted by Crippen LogP contribution is 2.15. The second-order valence-electron chi connectivity index (χ2n) is 4.58. The van der Waals surface area contributed by atoms with Crippen LogP contribution in [0, 0.1) is 6.92 Å². The van der Waals surface area contributed by atoms with Gasteiger partial charge in [0, 0.05) is 7.05 Å². The lowest BCUT2D eigenvalue weighted by atomic mass is 10.2. The number of ether oxygens (including phenoxy) is 1. The van der Waals surface area contributed by atoms with E-state index in [1.165, 1.54) is 4.90 Å². The number of nitrogens with zero attached hydrogens (tertiary/aromatic N) is 3. The maximum Gasteiger partial charge on any atom is 0.274 e. The molecule has 2 aromatic rings. The number of halogens is 1. The van der Waals surface area contributed by atoms with Crippen LogP contribution in [0.4, 0.5) is 0 Å². The molecule has 0 N–H and O–H groups in total. The zero-order valence-electron chi connectivity index (χ0n) is 11.9. The molecule has 1 aromatic carbocycles. The normalized spacial score (nSPS) is 10.2. The summed E-state index contributed by atoms with van der Waals surface area (Å²) in [5.74, 6) is 0.609.